The standard InChI is InChI=1S/C26H23ClFNO5/c1-32-25-12-18(6-9-23(25)33-13-22(30)15-2-3-15)29-14-34-24-10-16(4-7-20(24)26(29)31)19-8-5-17(28)11-21(19)27/h4-12,15,22,30H,2-3,13-14H2,1H3/t22-/m0/s1. The van der Waals surface area contributed by atoms with Crippen molar-refractivity contribution < 1.29 is 28.5 Å². The van der Waals surface area contributed by atoms with Gasteiger partial charge in [-0.05, 0) is 66.8 Å². The van der Waals surface area contributed by atoms with Gasteiger partial charge in [-0.1, -0.05) is 17.7 Å². The summed E-state index contributed by atoms with van der Waals surface area (Å²) in [6, 6.07) is 14.5. The molecule has 0 radical (unpaired) electrons. The van der Waals surface area contributed by atoms with Crippen LogP contribution in [0.1, 0.15) is 23.2 Å². The van der Waals surface area contributed by atoms with E-state index in [2.05, 4.69) is 0 Å². The zero-order chi connectivity index (χ0) is 23.8. The number of fused-ring (bicyclic) bond motifs is 1. The van der Waals surface area contributed by atoms with Gasteiger partial charge in [-0.25, -0.2) is 4.39 Å². The van der Waals surface area contributed by atoms with Crippen LogP contribution in [-0.2, 0) is 0 Å². The molecule has 3 aromatic rings. The summed E-state index contributed by atoms with van der Waals surface area (Å²) in [4.78, 5) is 14.7. The van der Waals surface area contributed by atoms with Crippen LogP contribution in [0.25, 0.3) is 11.1 Å². The maximum absolute atomic E-state index is 13.4. The molecule has 1 amide bonds. The van der Waals surface area contributed by atoms with Crippen LogP contribution in [0.15, 0.2) is 54.6 Å². The highest BCUT2D eigenvalue weighted by atomic mass is 35.5. The molecule has 0 spiro atoms. The number of benzene rings is 3. The number of methoxy groups -OCH3 is 1. The van der Waals surface area contributed by atoms with E-state index >= 15 is 0 Å². The molecule has 0 unspecified atom stereocenters. The van der Waals surface area contributed by atoms with Gasteiger partial charge in [0.05, 0.1) is 29.5 Å². The van der Waals surface area contributed by atoms with E-state index in [1.54, 1.807) is 42.5 Å². The van der Waals surface area contributed by atoms with Crippen LogP contribution in [-0.4, -0.2) is 37.6 Å². The number of nitrogens with zero attached hydrogens (tertiary/aromatic N) is 1. The summed E-state index contributed by atoms with van der Waals surface area (Å²) >= 11 is 6.19. The van der Waals surface area contributed by atoms with Crippen LogP contribution in [0.2, 0.25) is 5.02 Å². The Morgan fingerprint density at radius 1 is 1.12 bits per heavy atom. The third-order valence-corrected chi connectivity index (χ3v) is 6.40. The Kier molecular flexibility index (Phi) is 6.06. The highest BCUT2D eigenvalue weighted by molar-refractivity contribution is 6.33. The highest BCUT2D eigenvalue weighted by Gasteiger charge is 2.31. The number of ether oxygens (including phenoxy) is 3. The monoisotopic (exact) mass is 483 g/mol. The maximum atomic E-state index is 13.4. The molecule has 1 saturated carbocycles. The van der Waals surface area contributed by atoms with Crippen molar-refractivity contribution in [3.05, 3.63) is 71.0 Å². The second kappa shape index (κ2) is 9.16. The number of amides is 1. The topological polar surface area (TPSA) is 68.2 Å². The minimum Gasteiger partial charge on any atom is -0.493 e. The fraction of sp³-hybridized carbons (Fsp3) is 0.269. The number of aliphatic hydroxyl groups is 1. The average Bonchev–Trinajstić information content (AvgIpc) is 3.68. The van der Waals surface area contributed by atoms with Gasteiger partial charge < -0.3 is 19.3 Å². The van der Waals surface area contributed by atoms with Gasteiger partial charge in [0.1, 0.15) is 18.2 Å². The first-order chi connectivity index (χ1) is 16.4. The second-order valence-corrected chi connectivity index (χ2v) is 8.80. The summed E-state index contributed by atoms with van der Waals surface area (Å²) in [5.41, 5.74) is 2.37. The normalized spacial score (nSPS) is 16.0. The first-order valence-electron chi connectivity index (χ1n) is 11.0. The molecule has 0 aromatic heterocycles. The molecule has 5 rings (SSSR count). The number of carbonyl (C=O) groups excluding carboxylic acids is 1. The molecule has 34 heavy (non-hydrogen) atoms. The van der Waals surface area contributed by atoms with E-state index in [1.807, 2.05) is 0 Å². The Hall–Kier alpha value is -3.29. The predicted octanol–water partition coefficient (Wildman–Crippen LogP) is 5.30. The molecule has 1 fully saturated rings. The van der Waals surface area contributed by atoms with Gasteiger partial charge in [-0.3, -0.25) is 9.69 Å². The zero-order valence-electron chi connectivity index (χ0n) is 18.5. The number of hydrogen-bond donors (Lipinski definition) is 1. The van der Waals surface area contributed by atoms with E-state index < -0.39 is 11.9 Å². The molecule has 1 atom stereocenters. The highest BCUT2D eigenvalue weighted by Crippen LogP contribution is 2.38. The lowest BCUT2D eigenvalue weighted by Gasteiger charge is -2.29. The van der Waals surface area contributed by atoms with Gasteiger partial charge >= 0.3 is 0 Å². The summed E-state index contributed by atoms with van der Waals surface area (Å²) in [6.07, 6.45) is 1.56. The molecular weight excluding hydrogens is 461 g/mol. The molecule has 1 heterocycles. The lowest BCUT2D eigenvalue weighted by molar-refractivity contribution is 0.0879. The fourth-order valence-electron chi connectivity index (χ4n) is 3.98. The lowest BCUT2D eigenvalue weighted by atomic mass is 10.0. The summed E-state index contributed by atoms with van der Waals surface area (Å²) in [7, 11) is 1.52. The van der Waals surface area contributed by atoms with Crippen molar-refractivity contribution in [1.82, 2.24) is 0 Å². The number of rotatable bonds is 7. The van der Waals surface area contributed by atoms with Crippen molar-refractivity contribution in [2.24, 2.45) is 5.92 Å². The maximum Gasteiger partial charge on any atom is 0.264 e. The summed E-state index contributed by atoms with van der Waals surface area (Å²) in [5.74, 6) is 1.06. The number of hydrogen-bond acceptors (Lipinski definition) is 5. The second-order valence-electron chi connectivity index (χ2n) is 8.39. The molecule has 2 aliphatic rings. The Labute approximate surface area is 201 Å². The van der Waals surface area contributed by atoms with Crippen molar-refractivity contribution in [3.63, 3.8) is 0 Å². The number of carbonyl (C=O) groups is 1. The average molecular weight is 484 g/mol. The molecule has 3 aromatic carbocycles. The van der Waals surface area contributed by atoms with Gasteiger partial charge in [0, 0.05) is 11.6 Å². The number of anilines is 1. The van der Waals surface area contributed by atoms with Crippen LogP contribution >= 0.6 is 11.6 Å². The molecule has 1 N–H and O–H groups in total. The number of halogens is 2. The molecule has 8 heteroatoms. The Bertz CT molecular complexity index is 1250. The number of aliphatic hydroxyl groups excluding tert-OH is 1. The predicted molar refractivity (Wildman–Crippen MR) is 126 cm³/mol. The quantitative estimate of drug-likeness (QED) is 0.494. The Balaban J connectivity index is 1.36. The SMILES string of the molecule is COc1cc(N2COc3cc(-c4ccc(F)cc4Cl)ccc3C2=O)ccc1OC[C@H](O)C1CC1. The van der Waals surface area contributed by atoms with E-state index in [9.17, 15) is 14.3 Å². The van der Waals surface area contributed by atoms with Crippen molar-refractivity contribution >= 4 is 23.2 Å². The minimum absolute atomic E-state index is 0.0101. The van der Waals surface area contributed by atoms with E-state index in [4.69, 9.17) is 25.8 Å². The van der Waals surface area contributed by atoms with E-state index in [0.717, 1.165) is 18.4 Å². The molecule has 0 saturated heterocycles. The molecule has 6 nitrogen and oxygen atoms in total. The Morgan fingerprint density at radius 3 is 2.65 bits per heavy atom. The largest absolute Gasteiger partial charge is 0.493 e. The third-order valence-electron chi connectivity index (χ3n) is 6.08. The van der Waals surface area contributed by atoms with Crippen LogP contribution in [0, 0.1) is 11.7 Å². The minimum atomic E-state index is -0.493. The summed E-state index contributed by atoms with van der Waals surface area (Å²) < 4.78 is 30.5. The van der Waals surface area contributed by atoms with Gasteiger partial charge in [-0.15, -0.1) is 0 Å². The van der Waals surface area contributed by atoms with Gasteiger partial charge in [0.25, 0.3) is 5.91 Å². The van der Waals surface area contributed by atoms with Crippen molar-refractivity contribution in [3.8, 4) is 28.4 Å². The van der Waals surface area contributed by atoms with E-state index in [-0.39, 0.29) is 24.3 Å². The molecule has 0 bridgehead atoms. The van der Waals surface area contributed by atoms with E-state index in [0.29, 0.717) is 40.0 Å². The summed E-state index contributed by atoms with van der Waals surface area (Å²) in [6.45, 7) is 0.204. The van der Waals surface area contributed by atoms with Crippen molar-refractivity contribution in [1.29, 1.82) is 0 Å². The zero-order valence-corrected chi connectivity index (χ0v) is 19.2. The lowest BCUT2D eigenvalue weighted by Crippen LogP contribution is -2.38. The van der Waals surface area contributed by atoms with Crippen LogP contribution < -0.4 is 19.1 Å². The van der Waals surface area contributed by atoms with Crippen molar-refractivity contribution in [2.45, 2.75) is 18.9 Å². The first kappa shape index (κ1) is 22.5. The van der Waals surface area contributed by atoms with Gasteiger partial charge in [-0.2, -0.15) is 0 Å². The fourth-order valence-corrected chi connectivity index (χ4v) is 4.25. The van der Waals surface area contributed by atoms with Gasteiger partial charge in [0.15, 0.2) is 18.2 Å². The van der Waals surface area contributed by atoms with Crippen LogP contribution in [0.5, 0.6) is 17.2 Å². The molecular formula is C26H23ClFNO5. The summed E-state index contributed by atoms with van der Waals surface area (Å²) in [5, 5.41) is 10.3. The van der Waals surface area contributed by atoms with Crippen molar-refractivity contribution in [2.75, 3.05) is 25.3 Å². The smallest absolute Gasteiger partial charge is 0.264 e. The first-order valence-corrected chi connectivity index (χ1v) is 11.4. The van der Waals surface area contributed by atoms with Gasteiger partial charge in [0.2, 0.25) is 0 Å². The van der Waals surface area contributed by atoms with Crippen LogP contribution in [0.4, 0.5) is 10.1 Å². The molecule has 1 aliphatic carbocycles. The third kappa shape index (κ3) is 4.41. The Morgan fingerprint density at radius 2 is 1.91 bits per heavy atom. The van der Waals surface area contributed by atoms with Crippen LogP contribution in [0.3, 0.4) is 0 Å². The molecule has 1 aliphatic heterocycles. The van der Waals surface area contributed by atoms with E-state index in [1.165, 1.54) is 24.1 Å². The molecule has 176 valence electrons.